The third-order valence-electron chi connectivity index (χ3n) is 15.6. The zero-order chi connectivity index (χ0) is 44.7. The quantitative estimate of drug-likeness (QED) is 0.105. The second-order valence-electron chi connectivity index (χ2n) is 18.9. The second-order valence-corrected chi connectivity index (χ2v) is 18.9. The van der Waals surface area contributed by atoms with Crippen LogP contribution in [0.5, 0.6) is 23.3 Å². The molecule has 6 aliphatic heterocycles. The SMILES string of the molecule is CC[C@@H]1CN2CC[C@H]1C[C@@H]2[C@H](Oc1nc(-c2ccccc2)nc(O[C@H](c2ccnc3ccc(OC)cc23)[C@@H]2C[C@H]3CCN2C[C@H]3CC)c1-c1ccccc1)c1ccnc2ccc(OC)cc12. The van der Waals surface area contributed by atoms with Crippen LogP contribution in [0.4, 0.5) is 0 Å². The van der Waals surface area contributed by atoms with E-state index in [2.05, 4.69) is 90.4 Å². The summed E-state index contributed by atoms with van der Waals surface area (Å²) < 4.78 is 27.2. The first kappa shape index (κ1) is 42.5. The van der Waals surface area contributed by atoms with E-state index >= 15 is 0 Å². The third kappa shape index (κ3) is 7.91. The highest BCUT2D eigenvalue weighted by Crippen LogP contribution is 2.50. The molecule has 6 saturated heterocycles. The van der Waals surface area contributed by atoms with Crippen molar-refractivity contribution in [2.24, 2.45) is 23.7 Å². The van der Waals surface area contributed by atoms with Crippen LogP contribution in [0.2, 0.25) is 0 Å². The lowest BCUT2D eigenvalue weighted by atomic mass is 9.72. The number of fused-ring (bicyclic) bond motifs is 8. The summed E-state index contributed by atoms with van der Waals surface area (Å²) in [4.78, 5) is 26.0. The van der Waals surface area contributed by atoms with Gasteiger partial charge in [0.1, 0.15) is 29.3 Å². The molecule has 9 heterocycles. The fourth-order valence-electron chi connectivity index (χ4n) is 12.1. The van der Waals surface area contributed by atoms with Gasteiger partial charge >= 0.3 is 0 Å². The van der Waals surface area contributed by atoms with E-state index in [0.29, 0.717) is 41.3 Å². The summed E-state index contributed by atoms with van der Waals surface area (Å²) in [5, 5.41) is 2.02. The Morgan fingerprint density at radius 3 is 1.47 bits per heavy atom. The summed E-state index contributed by atoms with van der Waals surface area (Å²) in [6.07, 6.45) is 9.90. The Balaban J connectivity index is 1.13. The number of methoxy groups -OCH3 is 2. The zero-order valence-corrected chi connectivity index (χ0v) is 38.6. The summed E-state index contributed by atoms with van der Waals surface area (Å²) in [5.74, 6) is 5.70. The lowest BCUT2D eigenvalue weighted by Gasteiger charge is -2.52. The van der Waals surface area contributed by atoms with Crippen LogP contribution in [0.1, 0.15) is 75.7 Å². The number of rotatable bonds is 14. The molecule has 66 heavy (non-hydrogen) atoms. The molecule has 4 aromatic carbocycles. The van der Waals surface area contributed by atoms with Gasteiger partial charge in [-0.2, -0.15) is 9.97 Å². The molecule has 3 aromatic heterocycles. The first-order chi connectivity index (χ1) is 32.5. The fraction of sp³-hybridized carbons (Fsp3) is 0.393. The second kappa shape index (κ2) is 18.3. The topological polar surface area (TPSA) is 95.0 Å². The Morgan fingerprint density at radius 2 is 1.05 bits per heavy atom. The molecule has 6 aliphatic rings. The summed E-state index contributed by atoms with van der Waals surface area (Å²) in [5.41, 5.74) is 6.48. The molecule has 0 amide bonds. The number of hydrogen-bond acceptors (Lipinski definition) is 10. The van der Waals surface area contributed by atoms with Gasteiger partial charge in [-0.1, -0.05) is 87.4 Å². The van der Waals surface area contributed by atoms with Crippen molar-refractivity contribution >= 4 is 21.8 Å². The van der Waals surface area contributed by atoms with Crippen molar-refractivity contribution in [3.05, 3.63) is 133 Å². The summed E-state index contributed by atoms with van der Waals surface area (Å²) >= 11 is 0. The Morgan fingerprint density at radius 1 is 0.576 bits per heavy atom. The molecule has 0 saturated carbocycles. The summed E-state index contributed by atoms with van der Waals surface area (Å²) in [6, 6.07) is 37.4. The van der Waals surface area contributed by atoms with Gasteiger partial charge in [0.25, 0.3) is 0 Å². The molecule has 2 unspecified atom stereocenters. The van der Waals surface area contributed by atoms with Gasteiger partial charge < -0.3 is 18.9 Å². The molecule has 10 atom stereocenters. The number of benzene rings is 4. The maximum atomic E-state index is 7.76. The van der Waals surface area contributed by atoms with Gasteiger partial charge in [-0.3, -0.25) is 19.8 Å². The minimum absolute atomic E-state index is 0.106. The molecule has 10 nitrogen and oxygen atoms in total. The number of ether oxygens (including phenoxy) is 4. The molecule has 0 spiro atoms. The van der Waals surface area contributed by atoms with Crippen LogP contribution in [0, 0.1) is 23.7 Å². The van der Waals surface area contributed by atoms with Crippen molar-refractivity contribution in [3.63, 3.8) is 0 Å². The lowest BCUT2D eigenvalue weighted by molar-refractivity contribution is -0.0510. The highest BCUT2D eigenvalue weighted by Gasteiger charge is 2.47. The molecule has 338 valence electrons. The maximum Gasteiger partial charge on any atom is 0.229 e. The van der Waals surface area contributed by atoms with Crippen molar-refractivity contribution < 1.29 is 18.9 Å². The van der Waals surface area contributed by atoms with Gasteiger partial charge in [0.2, 0.25) is 11.8 Å². The molecule has 4 bridgehead atoms. The van der Waals surface area contributed by atoms with Gasteiger partial charge in [0.15, 0.2) is 5.82 Å². The van der Waals surface area contributed by atoms with Crippen LogP contribution < -0.4 is 18.9 Å². The Hall–Kier alpha value is -6.10. The lowest BCUT2D eigenvalue weighted by Crippen LogP contribution is -2.56. The third-order valence-corrected chi connectivity index (χ3v) is 15.6. The van der Waals surface area contributed by atoms with E-state index in [1.54, 1.807) is 14.2 Å². The minimum atomic E-state index is -0.393. The van der Waals surface area contributed by atoms with Crippen LogP contribution in [-0.4, -0.2) is 82.2 Å². The number of nitrogens with zero attached hydrogens (tertiary/aromatic N) is 6. The molecule has 13 rings (SSSR count). The van der Waals surface area contributed by atoms with E-state index in [9.17, 15) is 0 Å². The normalized spacial score (nSPS) is 25.4. The standard InChI is InChI=1S/C56H60N6O4/c1-5-35-33-61-27-23-39(35)29-49(61)52(43-21-25-57-47-19-17-41(63-3)31-45(43)47)65-55-51(37-13-9-7-10-14-37)56(60-54(59-55)38-15-11-8-12-16-38)66-53(50-30-40-24-28-62(50)34-36(40)6-2)44-22-26-58-48-20-18-42(64-4)32-46(44)48/h7-22,25-26,31-32,35-36,39-40,49-50,52-53H,5-6,23-24,27-30,33-34H2,1-4H3/t35-,36-,39-,40+,49+,50-,52-,53-/m1/s1. The van der Waals surface area contributed by atoms with Gasteiger partial charge in [-0.05, 0) is 117 Å². The van der Waals surface area contributed by atoms with Gasteiger partial charge in [-0.25, -0.2) is 0 Å². The predicted octanol–water partition coefficient (Wildman–Crippen LogP) is 11.4. The fourth-order valence-corrected chi connectivity index (χ4v) is 12.1. The van der Waals surface area contributed by atoms with E-state index < -0.39 is 12.2 Å². The van der Waals surface area contributed by atoms with Crippen molar-refractivity contribution in [2.45, 2.75) is 76.7 Å². The number of aromatic nitrogens is 4. The highest BCUT2D eigenvalue weighted by molar-refractivity contribution is 5.85. The van der Waals surface area contributed by atoms with E-state index in [1.165, 1.54) is 25.7 Å². The molecule has 0 aliphatic carbocycles. The monoisotopic (exact) mass is 880 g/mol. The van der Waals surface area contributed by atoms with E-state index in [0.717, 1.165) is 100 Å². The molecular formula is C56H60N6O4. The molecule has 0 radical (unpaired) electrons. The predicted molar refractivity (Wildman–Crippen MR) is 260 cm³/mol. The van der Waals surface area contributed by atoms with Crippen LogP contribution in [0.3, 0.4) is 0 Å². The maximum absolute atomic E-state index is 7.76. The highest BCUT2D eigenvalue weighted by atomic mass is 16.5. The molecule has 0 N–H and O–H groups in total. The van der Waals surface area contributed by atoms with Crippen molar-refractivity contribution in [1.29, 1.82) is 0 Å². The minimum Gasteiger partial charge on any atom is -0.497 e. The largest absolute Gasteiger partial charge is 0.497 e. The van der Waals surface area contributed by atoms with Crippen molar-refractivity contribution in [3.8, 4) is 45.8 Å². The molecule has 10 heteroatoms. The first-order valence-corrected chi connectivity index (χ1v) is 24.2. The molecule has 7 aromatic rings. The Kier molecular flexibility index (Phi) is 11.8. The number of hydrogen-bond donors (Lipinski definition) is 0. The van der Waals surface area contributed by atoms with Crippen molar-refractivity contribution in [2.75, 3.05) is 40.4 Å². The van der Waals surface area contributed by atoms with E-state index in [-0.39, 0.29) is 12.1 Å². The Labute approximate surface area is 388 Å². The smallest absolute Gasteiger partial charge is 0.229 e. The summed E-state index contributed by atoms with van der Waals surface area (Å²) in [7, 11) is 3.44. The number of pyridine rings is 2. The van der Waals surface area contributed by atoms with Gasteiger partial charge in [0, 0.05) is 52.9 Å². The molecule has 6 fully saturated rings. The van der Waals surface area contributed by atoms with Crippen molar-refractivity contribution in [1.82, 2.24) is 29.7 Å². The van der Waals surface area contributed by atoms with Crippen LogP contribution >= 0.6 is 0 Å². The van der Waals surface area contributed by atoms with Crippen LogP contribution in [-0.2, 0) is 0 Å². The Bertz CT molecular complexity index is 2680. The first-order valence-electron chi connectivity index (χ1n) is 24.2. The summed E-state index contributed by atoms with van der Waals surface area (Å²) in [6.45, 7) is 8.88. The van der Waals surface area contributed by atoms with E-state index in [1.807, 2.05) is 54.9 Å². The average molecular weight is 881 g/mol. The van der Waals surface area contributed by atoms with Crippen LogP contribution in [0.25, 0.3) is 44.3 Å². The van der Waals surface area contributed by atoms with Crippen LogP contribution in [0.15, 0.2) is 122 Å². The van der Waals surface area contributed by atoms with Gasteiger partial charge in [0.05, 0.1) is 37.3 Å². The molecular weight excluding hydrogens is 821 g/mol. The number of piperidine rings is 6. The zero-order valence-electron chi connectivity index (χ0n) is 38.6. The van der Waals surface area contributed by atoms with E-state index in [4.69, 9.17) is 38.9 Å². The average Bonchev–Trinajstić information content (AvgIpc) is 3.39. The van der Waals surface area contributed by atoms with Gasteiger partial charge in [-0.15, -0.1) is 0 Å².